The van der Waals surface area contributed by atoms with Gasteiger partial charge in [-0.05, 0) is 18.2 Å². The van der Waals surface area contributed by atoms with Gasteiger partial charge in [0.2, 0.25) is 5.52 Å². The summed E-state index contributed by atoms with van der Waals surface area (Å²) in [6.45, 7) is 0. The topological polar surface area (TPSA) is 26.9 Å². The summed E-state index contributed by atoms with van der Waals surface area (Å²) in [5, 5.41) is 11.8. The minimum Gasteiger partial charge on any atom is -0.618 e. The average Bonchev–Trinajstić information content (AvgIpc) is 2.07. The van der Waals surface area contributed by atoms with E-state index in [1.807, 2.05) is 0 Å². The number of nitrogens with zero attached hydrogens (tertiary/aromatic N) is 1. The van der Waals surface area contributed by atoms with Crippen LogP contribution in [-0.2, 0) is 0 Å². The largest absolute Gasteiger partial charge is 0.618 e. The Morgan fingerprint density at radius 1 is 1.25 bits per heavy atom. The maximum absolute atomic E-state index is 12.7. The van der Waals surface area contributed by atoms with Crippen LogP contribution in [-0.4, -0.2) is 0 Å². The molecule has 12 heavy (non-hydrogen) atoms. The highest BCUT2D eigenvalue weighted by Gasteiger charge is 2.02. The SMILES string of the molecule is [O-][n+]1cccc2ccc(F)cc21. The number of hydrogen-bond acceptors (Lipinski definition) is 1. The number of benzene rings is 1. The number of hydrogen-bond donors (Lipinski definition) is 0. The first-order valence-corrected chi connectivity index (χ1v) is 3.55. The van der Waals surface area contributed by atoms with Crippen LogP contribution in [0.3, 0.4) is 0 Å². The average molecular weight is 163 g/mol. The van der Waals surface area contributed by atoms with Crippen molar-refractivity contribution < 1.29 is 9.12 Å². The molecule has 1 heterocycles. The zero-order chi connectivity index (χ0) is 8.55. The van der Waals surface area contributed by atoms with Crippen molar-refractivity contribution in [2.24, 2.45) is 0 Å². The highest BCUT2D eigenvalue weighted by atomic mass is 19.1. The summed E-state index contributed by atoms with van der Waals surface area (Å²) in [4.78, 5) is 0. The van der Waals surface area contributed by atoms with E-state index in [2.05, 4.69) is 0 Å². The molecule has 0 spiro atoms. The third kappa shape index (κ3) is 0.993. The van der Waals surface area contributed by atoms with E-state index in [0.717, 1.165) is 5.39 Å². The summed E-state index contributed by atoms with van der Waals surface area (Å²) >= 11 is 0. The van der Waals surface area contributed by atoms with Crippen molar-refractivity contribution in [1.29, 1.82) is 0 Å². The minimum atomic E-state index is -0.390. The Labute approximate surface area is 68.5 Å². The van der Waals surface area contributed by atoms with Gasteiger partial charge < -0.3 is 5.21 Å². The molecule has 0 aliphatic heterocycles. The molecule has 0 atom stereocenters. The maximum atomic E-state index is 12.7. The second-order valence-corrected chi connectivity index (χ2v) is 2.54. The van der Waals surface area contributed by atoms with Crippen LogP contribution in [0.1, 0.15) is 0 Å². The molecule has 1 aromatic carbocycles. The second-order valence-electron chi connectivity index (χ2n) is 2.54. The summed E-state index contributed by atoms with van der Waals surface area (Å²) in [5.41, 5.74) is 0.359. The van der Waals surface area contributed by atoms with Gasteiger partial charge >= 0.3 is 0 Å². The van der Waals surface area contributed by atoms with E-state index in [1.165, 1.54) is 18.3 Å². The van der Waals surface area contributed by atoms with Gasteiger partial charge in [0.1, 0.15) is 5.82 Å². The minimum absolute atomic E-state index is 0.359. The van der Waals surface area contributed by atoms with E-state index in [4.69, 9.17) is 0 Å². The fourth-order valence-corrected chi connectivity index (χ4v) is 1.15. The first-order chi connectivity index (χ1) is 5.77. The van der Waals surface area contributed by atoms with Crippen molar-refractivity contribution in [3.05, 3.63) is 47.6 Å². The monoisotopic (exact) mass is 163 g/mol. The van der Waals surface area contributed by atoms with Gasteiger partial charge in [-0.25, -0.2) is 4.39 Å². The van der Waals surface area contributed by atoms with E-state index < -0.39 is 5.82 Å². The molecule has 0 saturated carbocycles. The first-order valence-electron chi connectivity index (χ1n) is 3.55. The lowest BCUT2D eigenvalue weighted by molar-refractivity contribution is -0.577. The Hall–Kier alpha value is -1.64. The van der Waals surface area contributed by atoms with Gasteiger partial charge in [-0.3, -0.25) is 0 Å². The van der Waals surface area contributed by atoms with Gasteiger partial charge in [-0.2, -0.15) is 4.73 Å². The van der Waals surface area contributed by atoms with E-state index in [0.29, 0.717) is 10.2 Å². The predicted octanol–water partition coefficient (Wildman–Crippen LogP) is 1.61. The molecule has 3 heteroatoms. The Kier molecular flexibility index (Phi) is 1.43. The number of halogens is 1. The molecule has 0 N–H and O–H groups in total. The lowest BCUT2D eigenvalue weighted by atomic mass is 10.2. The van der Waals surface area contributed by atoms with Crippen molar-refractivity contribution in [3.63, 3.8) is 0 Å². The third-order valence-corrected chi connectivity index (χ3v) is 1.73. The molecule has 1 aromatic heterocycles. The second kappa shape index (κ2) is 2.44. The molecule has 2 nitrogen and oxygen atoms in total. The summed E-state index contributed by atoms with van der Waals surface area (Å²) < 4.78 is 13.3. The van der Waals surface area contributed by atoms with Crippen molar-refractivity contribution in [1.82, 2.24) is 0 Å². The lowest BCUT2D eigenvalue weighted by Gasteiger charge is -1.99. The highest BCUT2D eigenvalue weighted by Crippen LogP contribution is 2.10. The Balaban J connectivity index is 2.88. The molecule has 0 bridgehead atoms. The van der Waals surface area contributed by atoms with E-state index >= 15 is 0 Å². The normalized spacial score (nSPS) is 10.4. The first kappa shape index (κ1) is 7.03. The fraction of sp³-hybridized carbons (Fsp3) is 0. The standard InChI is InChI=1S/C9H6FNO/c10-8-4-3-7-2-1-5-11(12)9(7)6-8/h1-6H. The molecule has 0 saturated heterocycles. The highest BCUT2D eigenvalue weighted by molar-refractivity contribution is 5.75. The van der Waals surface area contributed by atoms with Crippen LogP contribution in [0, 0.1) is 11.0 Å². The molecule has 60 valence electrons. The molecule has 0 fully saturated rings. The number of aromatic nitrogens is 1. The summed E-state index contributed by atoms with van der Waals surface area (Å²) in [6, 6.07) is 7.54. The molecule has 0 radical (unpaired) electrons. The van der Waals surface area contributed by atoms with Crippen molar-refractivity contribution >= 4 is 10.9 Å². The van der Waals surface area contributed by atoms with Crippen molar-refractivity contribution in [2.75, 3.05) is 0 Å². The maximum Gasteiger partial charge on any atom is 0.226 e. The molecule has 0 aliphatic rings. The molecule has 2 rings (SSSR count). The predicted molar refractivity (Wildman–Crippen MR) is 42.9 cm³/mol. The number of rotatable bonds is 0. The van der Waals surface area contributed by atoms with Crippen LogP contribution >= 0.6 is 0 Å². The van der Waals surface area contributed by atoms with Gasteiger partial charge in [-0.1, -0.05) is 0 Å². The van der Waals surface area contributed by atoms with Crippen LogP contribution in [0.4, 0.5) is 4.39 Å². The smallest absolute Gasteiger partial charge is 0.226 e. The quantitative estimate of drug-likeness (QED) is 0.428. The van der Waals surface area contributed by atoms with Crippen LogP contribution in [0.2, 0.25) is 0 Å². The van der Waals surface area contributed by atoms with Gasteiger partial charge in [0.05, 0.1) is 0 Å². The van der Waals surface area contributed by atoms with Gasteiger partial charge in [0, 0.05) is 17.5 Å². The van der Waals surface area contributed by atoms with Gasteiger partial charge in [0.25, 0.3) is 0 Å². The van der Waals surface area contributed by atoms with Gasteiger partial charge in [0.15, 0.2) is 6.20 Å². The number of fused-ring (bicyclic) bond motifs is 1. The molecular weight excluding hydrogens is 157 g/mol. The third-order valence-electron chi connectivity index (χ3n) is 1.73. The zero-order valence-corrected chi connectivity index (χ0v) is 6.20. The van der Waals surface area contributed by atoms with Gasteiger partial charge in [-0.15, -0.1) is 0 Å². The molecule has 0 aliphatic carbocycles. The van der Waals surface area contributed by atoms with E-state index in [-0.39, 0.29) is 0 Å². The zero-order valence-electron chi connectivity index (χ0n) is 6.20. The van der Waals surface area contributed by atoms with E-state index in [9.17, 15) is 9.60 Å². The van der Waals surface area contributed by atoms with Crippen LogP contribution in [0.15, 0.2) is 36.5 Å². The van der Waals surface area contributed by atoms with Crippen molar-refractivity contribution in [3.8, 4) is 0 Å². The molecule has 2 aromatic rings. The summed E-state index contributed by atoms with van der Waals surface area (Å²) in [6.07, 6.45) is 1.35. The number of pyridine rings is 1. The fourth-order valence-electron chi connectivity index (χ4n) is 1.15. The Bertz CT molecular complexity index is 428. The molecule has 0 unspecified atom stereocenters. The summed E-state index contributed by atoms with van der Waals surface area (Å²) in [7, 11) is 0. The van der Waals surface area contributed by atoms with Crippen LogP contribution in [0.5, 0.6) is 0 Å². The Morgan fingerprint density at radius 3 is 2.92 bits per heavy atom. The Morgan fingerprint density at radius 2 is 2.08 bits per heavy atom. The summed E-state index contributed by atoms with van der Waals surface area (Å²) in [5.74, 6) is -0.390. The van der Waals surface area contributed by atoms with Crippen LogP contribution in [0.25, 0.3) is 10.9 Å². The molecule has 0 amide bonds. The van der Waals surface area contributed by atoms with E-state index in [1.54, 1.807) is 18.2 Å². The molecular formula is C9H6FNO. The van der Waals surface area contributed by atoms with Crippen LogP contribution < -0.4 is 4.73 Å². The lowest BCUT2D eigenvalue weighted by Crippen LogP contribution is -2.25. The van der Waals surface area contributed by atoms with Crippen molar-refractivity contribution in [2.45, 2.75) is 0 Å².